The van der Waals surface area contributed by atoms with Crippen molar-refractivity contribution in [3.63, 3.8) is 0 Å². The van der Waals surface area contributed by atoms with Crippen LogP contribution >= 0.6 is 23.2 Å². The van der Waals surface area contributed by atoms with E-state index in [0.717, 1.165) is 12.1 Å². The zero-order valence-electron chi connectivity index (χ0n) is 10.4. The Kier molecular flexibility index (Phi) is 4.97. The lowest BCUT2D eigenvalue weighted by Gasteiger charge is -2.13. The summed E-state index contributed by atoms with van der Waals surface area (Å²) < 4.78 is 27.0. The average Bonchev–Trinajstić information content (AvgIpc) is 2.39. The first-order valence-electron chi connectivity index (χ1n) is 6.03. The largest absolute Gasteiger partial charge is 0.392 e. The second-order valence-electron chi connectivity index (χ2n) is 4.48. The van der Waals surface area contributed by atoms with Crippen LogP contribution in [0.3, 0.4) is 0 Å². The summed E-state index contributed by atoms with van der Waals surface area (Å²) in [4.78, 5) is 0. The lowest BCUT2D eigenvalue weighted by molar-refractivity contribution is 0.172. The zero-order chi connectivity index (χ0) is 14.7. The molecule has 0 saturated carbocycles. The highest BCUT2D eigenvalue weighted by Crippen LogP contribution is 2.27. The number of halogens is 4. The molecule has 0 heterocycles. The van der Waals surface area contributed by atoms with Crippen LogP contribution < -0.4 is 0 Å². The van der Waals surface area contributed by atoms with Gasteiger partial charge in [-0.25, -0.2) is 8.78 Å². The Morgan fingerprint density at radius 1 is 0.950 bits per heavy atom. The van der Waals surface area contributed by atoms with Gasteiger partial charge < -0.3 is 5.11 Å². The highest BCUT2D eigenvalue weighted by Gasteiger charge is 2.16. The molecular formula is C15H12Cl2F2O. The molecule has 1 unspecified atom stereocenters. The summed E-state index contributed by atoms with van der Waals surface area (Å²) in [6, 6.07) is 8.68. The van der Waals surface area contributed by atoms with E-state index in [2.05, 4.69) is 0 Å². The van der Waals surface area contributed by atoms with E-state index in [-0.39, 0.29) is 18.4 Å². The number of aliphatic hydroxyl groups is 1. The third kappa shape index (κ3) is 3.48. The summed E-state index contributed by atoms with van der Waals surface area (Å²) in [7, 11) is 0. The SMILES string of the molecule is OC(Cc1cccc(Cl)c1Cl)Cc1c(F)cccc1F. The lowest BCUT2D eigenvalue weighted by Crippen LogP contribution is -2.16. The molecule has 0 aliphatic carbocycles. The van der Waals surface area contributed by atoms with Crippen LogP contribution in [-0.4, -0.2) is 11.2 Å². The van der Waals surface area contributed by atoms with E-state index in [4.69, 9.17) is 23.2 Å². The predicted molar refractivity (Wildman–Crippen MR) is 76.2 cm³/mol. The van der Waals surface area contributed by atoms with E-state index >= 15 is 0 Å². The van der Waals surface area contributed by atoms with E-state index in [0.29, 0.717) is 15.6 Å². The number of benzene rings is 2. The maximum Gasteiger partial charge on any atom is 0.129 e. The smallest absolute Gasteiger partial charge is 0.129 e. The van der Waals surface area contributed by atoms with Gasteiger partial charge in [-0.3, -0.25) is 0 Å². The maximum atomic E-state index is 13.5. The molecule has 0 radical (unpaired) electrons. The van der Waals surface area contributed by atoms with Gasteiger partial charge in [0.15, 0.2) is 0 Å². The van der Waals surface area contributed by atoms with Crippen LogP contribution in [0.25, 0.3) is 0 Å². The van der Waals surface area contributed by atoms with Gasteiger partial charge in [-0.05, 0) is 23.8 Å². The van der Waals surface area contributed by atoms with Crippen LogP contribution in [0, 0.1) is 11.6 Å². The third-order valence-electron chi connectivity index (χ3n) is 2.99. The molecule has 2 rings (SSSR count). The van der Waals surface area contributed by atoms with Gasteiger partial charge in [0.1, 0.15) is 11.6 Å². The Morgan fingerprint density at radius 2 is 1.55 bits per heavy atom. The van der Waals surface area contributed by atoms with E-state index < -0.39 is 17.7 Å². The van der Waals surface area contributed by atoms with E-state index in [1.54, 1.807) is 18.2 Å². The van der Waals surface area contributed by atoms with Gasteiger partial charge in [0.2, 0.25) is 0 Å². The molecular weight excluding hydrogens is 305 g/mol. The van der Waals surface area contributed by atoms with Crippen molar-refractivity contribution in [3.8, 4) is 0 Å². The molecule has 0 amide bonds. The summed E-state index contributed by atoms with van der Waals surface area (Å²) in [5.41, 5.74) is 0.515. The molecule has 1 nitrogen and oxygen atoms in total. The zero-order valence-corrected chi connectivity index (χ0v) is 11.9. The van der Waals surface area contributed by atoms with Gasteiger partial charge in [-0.1, -0.05) is 41.4 Å². The first kappa shape index (κ1) is 15.2. The Morgan fingerprint density at radius 3 is 2.20 bits per heavy atom. The number of hydrogen-bond acceptors (Lipinski definition) is 1. The fraction of sp³-hybridized carbons (Fsp3) is 0.200. The molecule has 0 spiro atoms. The quantitative estimate of drug-likeness (QED) is 0.885. The Balaban J connectivity index is 2.13. The Bertz CT molecular complexity index is 597. The molecule has 0 saturated heterocycles. The molecule has 106 valence electrons. The van der Waals surface area contributed by atoms with Crippen molar-refractivity contribution in [1.29, 1.82) is 0 Å². The van der Waals surface area contributed by atoms with Crippen LogP contribution in [0.1, 0.15) is 11.1 Å². The van der Waals surface area contributed by atoms with Crippen molar-refractivity contribution in [2.24, 2.45) is 0 Å². The minimum atomic E-state index is -0.947. The van der Waals surface area contributed by atoms with Crippen LogP contribution in [0.2, 0.25) is 10.0 Å². The van der Waals surface area contributed by atoms with Crippen molar-refractivity contribution in [2.75, 3.05) is 0 Å². The van der Waals surface area contributed by atoms with Crippen LogP contribution in [0.15, 0.2) is 36.4 Å². The van der Waals surface area contributed by atoms with E-state index in [1.165, 1.54) is 6.07 Å². The minimum Gasteiger partial charge on any atom is -0.392 e. The van der Waals surface area contributed by atoms with Gasteiger partial charge in [0.25, 0.3) is 0 Å². The topological polar surface area (TPSA) is 20.2 Å². The van der Waals surface area contributed by atoms with E-state index in [1.807, 2.05) is 0 Å². The van der Waals surface area contributed by atoms with Crippen molar-refractivity contribution in [3.05, 3.63) is 69.2 Å². The van der Waals surface area contributed by atoms with Crippen LogP contribution in [0.4, 0.5) is 8.78 Å². The van der Waals surface area contributed by atoms with Crippen molar-refractivity contribution in [2.45, 2.75) is 18.9 Å². The van der Waals surface area contributed by atoms with Gasteiger partial charge in [-0.2, -0.15) is 0 Å². The molecule has 0 aliphatic rings. The first-order chi connectivity index (χ1) is 9.49. The maximum absolute atomic E-state index is 13.5. The fourth-order valence-electron chi connectivity index (χ4n) is 2.00. The molecule has 1 atom stereocenters. The van der Waals surface area contributed by atoms with Gasteiger partial charge in [0.05, 0.1) is 16.1 Å². The van der Waals surface area contributed by atoms with Crippen LogP contribution in [0.5, 0.6) is 0 Å². The Labute approximate surface area is 125 Å². The van der Waals surface area contributed by atoms with E-state index in [9.17, 15) is 13.9 Å². The second kappa shape index (κ2) is 6.53. The normalized spacial score (nSPS) is 12.4. The monoisotopic (exact) mass is 316 g/mol. The number of hydrogen-bond donors (Lipinski definition) is 1. The predicted octanol–water partition coefficient (Wildman–Crippen LogP) is 4.42. The summed E-state index contributed by atoms with van der Waals surface area (Å²) in [6.45, 7) is 0. The fourth-order valence-corrected chi connectivity index (χ4v) is 2.39. The van der Waals surface area contributed by atoms with Crippen molar-refractivity contribution >= 4 is 23.2 Å². The van der Waals surface area contributed by atoms with Crippen molar-refractivity contribution in [1.82, 2.24) is 0 Å². The average molecular weight is 317 g/mol. The number of aliphatic hydroxyl groups excluding tert-OH is 1. The van der Waals surface area contributed by atoms with Gasteiger partial charge in [0, 0.05) is 18.4 Å². The van der Waals surface area contributed by atoms with Crippen LogP contribution in [-0.2, 0) is 12.8 Å². The first-order valence-corrected chi connectivity index (χ1v) is 6.78. The molecule has 0 fully saturated rings. The summed E-state index contributed by atoms with van der Waals surface area (Å²) in [5, 5.41) is 10.7. The molecule has 0 aromatic heterocycles. The highest BCUT2D eigenvalue weighted by atomic mass is 35.5. The highest BCUT2D eigenvalue weighted by molar-refractivity contribution is 6.42. The molecule has 1 N–H and O–H groups in total. The van der Waals surface area contributed by atoms with Crippen molar-refractivity contribution < 1.29 is 13.9 Å². The molecule has 0 bridgehead atoms. The summed E-state index contributed by atoms with van der Waals surface area (Å²) >= 11 is 11.9. The number of rotatable bonds is 4. The summed E-state index contributed by atoms with van der Waals surface area (Å²) in [6.07, 6.45) is -0.897. The molecule has 0 aliphatic heterocycles. The van der Waals surface area contributed by atoms with Gasteiger partial charge >= 0.3 is 0 Å². The summed E-state index contributed by atoms with van der Waals surface area (Å²) in [5.74, 6) is -1.33. The second-order valence-corrected chi connectivity index (χ2v) is 5.26. The third-order valence-corrected chi connectivity index (χ3v) is 3.85. The molecule has 20 heavy (non-hydrogen) atoms. The minimum absolute atomic E-state index is 0.124. The molecule has 2 aromatic rings. The molecule has 2 aromatic carbocycles. The lowest BCUT2D eigenvalue weighted by atomic mass is 10.0. The molecule has 5 heteroatoms. The Hall–Kier alpha value is -1.16. The standard InChI is InChI=1S/C15H12Cl2F2O/c16-12-4-1-3-9(15(12)17)7-10(20)8-11-13(18)5-2-6-14(11)19/h1-6,10,20H,7-8H2. The van der Waals surface area contributed by atoms with Gasteiger partial charge in [-0.15, -0.1) is 0 Å².